The topological polar surface area (TPSA) is 25.2 Å². The van der Waals surface area contributed by atoms with Crippen molar-refractivity contribution in [1.29, 1.82) is 0 Å². The number of anilines is 1. The lowest BCUT2D eigenvalue weighted by molar-refractivity contribution is 0.604. The number of hydrogen-bond donors (Lipinski definition) is 1. The summed E-state index contributed by atoms with van der Waals surface area (Å²) in [4.78, 5) is 0. The maximum atomic E-state index is 6.02. The van der Waals surface area contributed by atoms with E-state index in [1.54, 1.807) is 0 Å². The molecule has 88 valence electrons. The van der Waals surface area contributed by atoms with Crippen LogP contribution in [0.2, 0.25) is 0 Å². The SMILES string of the molecule is ClC1=Cc2oc3cc4ccccc4cc3c2NC1. The van der Waals surface area contributed by atoms with Crippen LogP contribution in [0.15, 0.2) is 45.8 Å². The predicted octanol–water partition coefficient (Wildman–Crippen LogP) is 4.59. The minimum Gasteiger partial charge on any atom is -0.454 e. The van der Waals surface area contributed by atoms with E-state index in [0.717, 1.165) is 27.4 Å². The van der Waals surface area contributed by atoms with Crippen molar-refractivity contribution in [3.8, 4) is 0 Å². The van der Waals surface area contributed by atoms with Crippen LogP contribution in [-0.2, 0) is 0 Å². The van der Waals surface area contributed by atoms with Crippen molar-refractivity contribution in [2.24, 2.45) is 0 Å². The van der Waals surface area contributed by atoms with Crippen LogP contribution in [0, 0.1) is 0 Å². The molecule has 0 saturated carbocycles. The Kier molecular flexibility index (Phi) is 1.97. The zero-order chi connectivity index (χ0) is 12.1. The first-order valence-electron chi connectivity index (χ1n) is 5.86. The van der Waals surface area contributed by atoms with Crippen molar-refractivity contribution >= 4 is 45.1 Å². The number of furan rings is 1. The normalized spacial score (nSPS) is 14.4. The highest BCUT2D eigenvalue weighted by Gasteiger charge is 2.17. The van der Waals surface area contributed by atoms with Crippen LogP contribution in [0.3, 0.4) is 0 Å². The molecule has 3 heteroatoms. The molecule has 1 aliphatic heterocycles. The summed E-state index contributed by atoms with van der Waals surface area (Å²) >= 11 is 6.02. The van der Waals surface area contributed by atoms with E-state index in [1.165, 1.54) is 10.8 Å². The van der Waals surface area contributed by atoms with Crippen molar-refractivity contribution in [3.63, 3.8) is 0 Å². The summed E-state index contributed by atoms with van der Waals surface area (Å²) in [5, 5.41) is 7.60. The second kappa shape index (κ2) is 3.53. The molecule has 0 bridgehead atoms. The molecule has 2 heterocycles. The molecular weight excluding hydrogens is 246 g/mol. The Labute approximate surface area is 109 Å². The van der Waals surface area contributed by atoms with Crippen LogP contribution >= 0.6 is 11.6 Å². The Hall–Kier alpha value is -1.93. The van der Waals surface area contributed by atoms with Gasteiger partial charge in [0.05, 0.1) is 12.2 Å². The van der Waals surface area contributed by atoms with Crippen LogP contribution in [0.4, 0.5) is 5.69 Å². The predicted molar refractivity (Wildman–Crippen MR) is 76.0 cm³/mol. The molecule has 0 unspecified atom stereocenters. The molecule has 1 N–H and O–H groups in total. The molecule has 0 fully saturated rings. The van der Waals surface area contributed by atoms with E-state index < -0.39 is 0 Å². The summed E-state index contributed by atoms with van der Waals surface area (Å²) in [6.07, 6.45) is 1.89. The minimum atomic E-state index is 0.663. The second-order valence-electron chi connectivity index (χ2n) is 4.48. The standard InChI is InChI=1S/C15H10ClNO/c16-11-7-14-15(17-8-11)12-5-9-3-1-2-4-10(9)6-13(12)18-14/h1-7,17H,8H2. The molecule has 4 rings (SSSR count). The van der Waals surface area contributed by atoms with Gasteiger partial charge in [-0.25, -0.2) is 0 Å². The van der Waals surface area contributed by atoms with Gasteiger partial charge in [-0.05, 0) is 29.0 Å². The molecule has 0 aliphatic carbocycles. The number of fused-ring (bicyclic) bond motifs is 4. The van der Waals surface area contributed by atoms with Crippen LogP contribution in [0.25, 0.3) is 27.8 Å². The van der Waals surface area contributed by atoms with Crippen LogP contribution in [0.1, 0.15) is 5.76 Å². The highest BCUT2D eigenvalue weighted by Crippen LogP contribution is 2.37. The monoisotopic (exact) mass is 255 g/mol. The summed E-state index contributed by atoms with van der Waals surface area (Å²) in [7, 11) is 0. The quantitative estimate of drug-likeness (QED) is 0.635. The summed E-state index contributed by atoms with van der Waals surface area (Å²) < 4.78 is 5.85. The molecule has 0 spiro atoms. The Morgan fingerprint density at radius 3 is 2.72 bits per heavy atom. The first-order chi connectivity index (χ1) is 8.81. The number of nitrogens with one attached hydrogen (secondary N) is 1. The average molecular weight is 256 g/mol. The van der Waals surface area contributed by atoms with Gasteiger partial charge in [0.1, 0.15) is 5.58 Å². The van der Waals surface area contributed by atoms with Gasteiger partial charge in [0.2, 0.25) is 0 Å². The third-order valence-corrected chi connectivity index (χ3v) is 3.55. The zero-order valence-corrected chi connectivity index (χ0v) is 10.3. The van der Waals surface area contributed by atoms with Crippen molar-refractivity contribution in [3.05, 3.63) is 47.2 Å². The fourth-order valence-corrected chi connectivity index (χ4v) is 2.62. The van der Waals surface area contributed by atoms with Gasteiger partial charge in [-0.2, -0.15) is 0 Å². The third-order valence-electron chi connectivity index (χ3n) is 3.31. The van der Waals surface area contributed by atoms with Crippen LogP contribution in [-0.4, -0.2) is 6.54 Å². The highest BCUT2D eigenvalue weighted by molar-refractivity contribution is 6.32. The van der Waals surface area contributed by atoms with E-state index in [-0.39, 0.29) is 0 Å². The summed E-state index contributed by atoms with van der Waals surface area (Å²) in [5.74, 6) is 0.816. The van der Waals surface area contributed by atoms with Gasteiger partial charge in [-0.15, -0.1) is 0 Å². The lowest BCUT2D eigenvalue weighted by atomic mass is 10.1. The fraction of sp³-hybridized carbons (Fsp3) is 0.0667. The molecule has 18 heavy (non-hydrogen) atoms. The zero-order valence-electron chi connectivity index (χ0n) is 9.53. The van der Waals surface area contributed by atoms with E-state index in [4.69, 9.17) is 16.0 Å². The highest BCUT2D eigenvalue weighted by atomic mass is 35.5. The van der Waals surface area contributed by atoms with Crippen molar-refractivity contribution in [2.75, 3.05) is 11.9 Å². The summed E-state index contributed by atoms with van der Waals surface area (Å²) in [6.45, 7) is 0.663. The minimum absolute atomic E-state index is 0.663. The lowest BCUT2D eigenvalue weighted by Crippen LogP contribution is -2.05. The summed E-state index contributed by atoms with van der Waals surface area (Å²) in [5.41, 5.74) is 1.94. The van der Waals surface area contributed by atoms with Gasteiger partial charge in [0, 0.05) is 10.4 Å². The van der Waals surface area contributed by atoms with Crippen LogP contribution < -0.4 is 5.32 Å². The first kappa shape index (κ1) is 10.0. The number of benzene rings is 2. The van der Waals surface area contributed by atoms with Crippen molar-refractivity contribution in [2.45, 2.75) is 0 Å². The molecular formula is C15H10ClNO. The Balaban J connectivity index is 2.11. The molecule has 1 aromatic heterocycles. The lowest BCUT2D eigenvalue weighted by Gasteiger charge is -2.09. The first-order valence-corrected chi connectivity index (χ1v) is 6.24. The van der Waals surface area contributed by atoms with Gasteiger partial charge >= 0.3 is 0 Å². The Bertz CT molecular complexity index is 801. The van der Waals surface area contributed by atoms with Gasteiger partial charge in [-0.3, -0.25) is 0 Å². The third kappa shape index (κ3) is 1.36. The molecule has 0 amide bonds. The van der Waals surface area contributed by atoms with E-state index in [2.05, 4.69) is 29.6 Å². The number of hydrogen-bond acceptors (Lipinski definition) is 2. The smallest absolute Gasteiger partial charge is 0.152 e. The largest absolute Gasteiger partial charge is 0.454 e. The van der Waals surface area contributed by atoms with Crippen LogP contribution in [0.5, 0.6) is 0 Å². The fourth-order valence-electron chi connectivity index (χ4n) is 2.45. The molecule has 2 nitrogen and oxygen atoms in total. The van der Waals surface area contributed by atoms with Gasteiger partial charge in [-0.1, -0.05) is 35.9 Å². The van der Waals surface area contributed by atoms with Gasteiger partial charge < -0.3 is 9.73 Å². The Morgan fingerprint density at radius 2 is 1.89 bits per heavy atom. The van der Waals surface area contributed by atoms with E-state index in [1.807, 2.05) is 18.2 Å². The van der Waals surface area contributed by atoms with Gasteiger partial charge in [0.15, 0.2) is 5.76 Å². The number of rotatable bonds is 0. The molecule has 0 atom stereocenters. The molecule has 0 saturated heterocycles. The molecule has 1 aliphatic rings. The maximum Gasteiger partial charge on any atom is 0.152 e. The van der Waals surface area contributed by atoms with Crippen molar-refractivity contribution < 1.29 is 4.42 Å². The van der Waals surface area contributed by atoms with E-state index in [9.17, 15) is 0 Å². The maximum absolute atomic E-state index is 6.02. The van der Waals surface area contributed by atoms with E-state index >= 15 is 0 Å². The van der Waals surface area contributed by atoms with Crippen molar-refractivity contribution in [1.82, 2.24) is 0 Å². The average Bonchev–Trinajstić information content (AvgIpc) is 2.72. The molecule has 2 aromatic carbocycles. The summed E-state index contributed by atoms with van der Waals surface area (Å²) in [6, 6.07) is 12.5. The van der Waals surface area contributed by atoms with E-state index in [0.29, 0.717) is 6.54 Å². The molecule has 3 aromatic rings. The second-order valence-corrected chi connectivity index (χ2v) is 4.97. The Morgan fingerprint density at radius 1 is 1.11 bits per heavy atom. The number of halogens is 1. The molecule has 0 radical (unpaired) electrons. The van der Waals surface area contributed by atoms with Gasteiger partial charge in [0.25, 0.3) is 0 Å².